The molecule has 1 aromatic carbocycles. The Morgan fingerprint density at radius 1 is 1.14 bits per heavy atom. The van der Waals surface area contributed by atoms with E-state index < -0.39 is 0 Å². The third kappa shape index (κ3) is 4.32. The van der Waals surface area contributed by atoms with Gasteiger partial charge in [-0.1, -0.05) is 29.3 Å². The highest BCUT2D eigenvalue weighted by molar-refractivity contribution is 6.36. The van der Waals surface area contributed by atoms with E-state index in [1.165, 1.54) is 18.0 Å². The number of nitrogens with one attached hydrogen (secondary N) is 1. The van der Waals surface area contributed by atoms with Gasteiger partial charge in [0, 0.05) is 48.0 Å². The maximum Gasteiger partial charge on any atom is 0.230 e. The molecule has 9 heteroatoms. The highest BCUT2D eigenvalue weighted by Gasteiger charge is 2.19. The summed E-state index contributed by atoms with van der Waals surface area (Å²) in [6.45, 7) is 1.43. The Balaban J connectivity index is 1.82. The van der Waals surface area contributed by atoms with Gasteiger partial charge in [0.05, 0.1) is 12.6 Å². The van der Waals surface area contributed by atoms with Crippen molar-refractivity contribution in [2.75, 3.05) is 10.2 Å². The summed E-state index contributed by atoms with van der Waals surface area (Å²) in [4.78, 5) is 30.3. The van der Waals surface area contributed by atoms with Gasteiger partial charge >= 0.3 is 0 Å². The average Bonchev–Trinajstić information content (AvgIpc) is 3.04. The number of anilines is 3. The monoisotopic (exact) mass is 417 g/mol. The van der Waals surface area contributed by atoms with Crippen LogP contribution in [0.15, 0.2) is 48.8 Å². The Morgan fingerprint density at radius 3 is 2.46 bits per heavy atom. The minimum atomic E-state index is -0.290. The van der Waals surface area contributed by atoms with Crippen LogP contribution in [0, 0.1) is 0 Å². The van der Waals surface area contributed by atoms with Crippen molar-refractivity contribution < 1.29 is 9.59 Å². The highest BCUT2D eigenvalue weighted by atomic mass is 35.5. The van der Waals surface area contributed by atoms with Crippen LogP contribution in [-0.4, -0.2) is 26.6 Å². The van der Waals surface area contributed by atoms with Gasteiger partial charge in [-0.3, -0.25) is 14.3 Å². The molecule has 0 saturated heterocycles. The van der Waals surface area contributed by atoms with Gasteiger partial charge in [-0.05, 0) is 23.8 Å². The van der Waals surface area contributed by atoms with E-state index >= 15 is 0 Å². The van der Waals surface area contributed by atoms with E-state index in [0.717, 1.165) is 0 Å². The summed E-state index contributed by atoms with van der Waals surface area (Å²) in [5.74, 6) is 0.403. The molecule has 0 unspecified atom stereocenters. The molecule has 2 aromatic heterocycles. The van der Waals surface area contributed by atoms with Crippen molar-refractivity contribution in [1.82, 2.24) is 14.8 Å². The first-order valence-electron chi connectivity index (χ1n) is 8.34. The molecule has 1 N–H and O–H groups in total. The molecule has 2 heterocycles. The summed E-state index contributed by atoms with van der Waals surface area (Å²) < 4.78 is 1.56. The number of carbonyl (C=O) groups is 2. The van der Waals surface area contributed by atoms with Crippen molar-refractivity contribution in [2.45, 2.75) is 13.3 Å². The molecule has 0 aliphatic carbocycles. The van der Waals surface area contributed by atoms with Crippen LogP contribution in [0.2, 0.25) is 10.0 Å². The number of amides is 2. The lowest BCUT2D eigenvalue weighted by molar-refractivity contribution is -0.116. The van der Waals surface area contributed by atoms with Gasteiger partial charge in [0.15, 0.2) is 0 Å². The van der Waals surface area contributed by atoms with Crippen LogP contribution in [0.4, 0.5) is 17.3 Å². The summed E-state index contributed by atoms with van der Waals surface area (Å²) >= 11 is 12.2. The summed E-state index contributed by atoms with van der Waals surface area (Å²) in [6.07, 6.45) is 3.12. The molecule has 144 valence electrons. The standard InChI is InChI=1S/C19H17Cl2N5O2/c1-12(27)26(19-7-9-23-25(19)2)17-10-13(6-8-22-17)24-18(28)11-14-15(20)4-3-5-16(14)21/h3-10H,11H2,1-2H3,(H,22,24,28). The highest BCUT2D eigenvalue weighted by Crippen LogP contribution is 2.27. The molecular formula is C19H17Cl2N5O2. The molecule has 0 saturated carbocycles. The molecule has 7 nitrogen and oxygen atoms in total. The lowest BCUT2D eigenvalue weighted by Crippen LogP contribution is -2.26. The van der Waals surface area contributed by atoms with Crippen LogP contribution in [0.3, 0.4) is 0 Å². The number of carbonyl (C=O) groups excluding carboxylic acids is 2. The SMILES string of the molecule is CC(=O)N(c1cc(NC(=O)Cc2c(Cl)cccc2Cl)ccn1)c1ccnn1C. The van der Waals surface area contributed by atoms with Crippen molar-refractivity contribution >= 4 is 52.3 Å². The van der Waals surface area contributed by atoms with E-state index in [1.54, 1.807) is 54.3 Å². The molecule has 0 atom stereocenters. The fourth-order valence-electron chi connectivity index (χ4n) is 2.71. The first-order chi connectivity index (χ1) is 13.4. The zero-order valence-corrected chi connectivity index (χ0v) is 16.7. The fraction of sp³-hybridized carbons (Fsp3) is 0.158. The zero-order chi connectivity index (χ0) is 20.3. The number of hydrogen-bond acceptors (Lipinski definition) is 4. The Morgan fingerprint density at radius 2 is 1.86 bits per heavy atom. The third-order valence-corrected chi connectivity index (χ3v) is 4.70. The van der Waals surface area contributed by atoms with Crippen molar-refractivity contribution in [1.29, 1.82) is 0 Å². The normalized spacial score (nSPS) is 10.6. The molecule has 3 rings (SSSR count). The van der Waals surface area contributed by atoms with Crippen LogP contribution in [-0.2, 0) is 23.1 Å². The lowest BCUT2D eigenvalue weighted by atomic mass is 10.1. The van der Waals surface area contributed by atoms with Gasteiger partial charge in [-0.15, -0.1) is 0 Å². The molecule has 0 bridgehead atoms. The van der Waals surface area contributed by atoms with Crippen molar-refractivity contribution in [3.63, 3.8) is 0 Å². The topological polar surface area (TPSA) is 80.1 Å². The second-order valence-electron chi connectivity index (χ2n) is 6.00. The molecule has 2 amide bonds. The number of aromatic nitrogens is 3. The summed E-state index contributed by atoms with van der Waals surface area (Å²) in [5.41, 5.74) is 1.05. The van der Waals surface area contributed by atoms with E-state index in [9.17, 15) is 9.59 Å². The van der Waals surface area contributed by atoms with Crippen molar-refractivity contribution in [2.24, 2.45) is 7.05 Å². The number of aryl methyl sites for hydroxylation is 1. The predicted molar refractivity (Wildman–Crippen MR) is 109 cm³/mol. The minimum Gasteiger partial charge on any atom is -0.326 e. The summed E-state index contributed by atoms with van der Waals surface area (Å²) in [5, 5.41) is 7.72. The number of pyridine rings is 1. The largest absolute Gasteiger partial charge is 0.326 e. The Labute approximate surface area is 171 Å². The maximum absolute atomic E-state index is 12.4. The smallest absolute Gasteiger partial charge is 0.230 e. The molecule has 0 radical (unpaired) electrons. The van der Waals surface area contributed by atoms with Gasteiger partial charge in [0.25, 0.3) is 0 Å². The van der Waals surface area contributed by atoms with Crippen molar-refractivity contribution in [3.8, 4) is 0 Å². The summed E-state index contributed by atoms with van der Waals surface area (Å²) in [7, 11) is 1.73. The molecule has 28 heavy (non-hydrogen) atoms. The molecular weight excluding hydrogens is 401 g/mol. The molecule has 0 aliphatic rings. The van der Waals surface area contributed by atoms with E-state index in [2.05, 4.69) is 15.4 Å². The van der Waals surface area contributed by atoms with E-state index in [-0.39, 0.29) is 18.2 Å². The molecule has 0 fully saturated rings. The Bertz CT molecular complexity index is 1010. The van der Waals surface area contributed by atoms with Crippen LogP contribution < -0.4 is 10.2 Å². The van der Waals surface area contributed by atoms with Crippen LogP contribution >= 0.6 is 23.2 Å². The lowest BCUT2D eigenvalue weighted by Gasteiger charge is -2.20. The van der Waals surface area contributed by atoms with E-state index in [4.69, 9.17) is 23.2 Å². The minimum absolute atomic E-state index is 0.0221. The first-order valence-corrected chi connectivity index (χ1v) is 9.10. The van der Waals surface area contributed by atoms with Gasteiger partial charge in [0.2, 0.25) is 11.8 Å². The van der Waals surface area contributed by atoms with Gasteiger partial charge in [0.1, 0.15) is 11.6 Å². The quantitative estimate of drug-likeness (QED) is 0.680. The number of hydrogen-bond donors (Lipinski definition) is 1. The number of halogens is 2. The first kappa shape index (κ1) is 19.9. The van der Waals surface area contributed by atoms with Gasteiger partial charge in [-0.25, -0.2) is 9.88 Å². The Kier molecular flexibility index (Phi) is 5.96. The van der Waals surface area contributed by atoms with Gasteiger partial charge in [-0.2, -0.15) is 5.10 Å². The average molecular weight is 418 g/mol. The number of nitrogens with zero attached hydrogens (tertiary/aromatic N) is 4. The molecule has 3 aromatic rings. The van der Waals surface area contributed by atoms with E-state index in [0.29, 0.717) is 32.9 Å². The summed E-state index contributed by atoms with van der Waals surface area (Å²) in [6, 6.07) is 10.0. The zero-order valence-electron chi connectivity index (χ0n) is 15.2. The molecule has 0 spiro atoms. The fourth-order valence-corrected chi connectivity index (χ4v) is 3.24. The second kappa shape index (κ2) is 8.41. The van der Waals surface area contributed by atoms with Gasteiger partial charge < -0.3 is 5.32 Å². The molecule has 0 aliphatic heterocycles. The van der Waals surface area contributed by atoms with Crippen LogP contribution in [0.5, 0.6) is 0 Å². The number of rotatable bonds is 5. The predicted octanol–water partition coefficient (Wildman–Crippen LogP) is 3.99. The number of benzene rings is 1. The maximum atomic E-state index is 12.4. The second-order valence-corrected chi connectivity index (χ2v) is 6.81. The van der Waals surface area contributed by atoms with Crippen molar-refractivity contribution in [3.05, 3.63) is 64.4 Å². The Hall–Kier alpha value is -2.90. The van der Waals surface area contributed by atoms with E-state index in [1.807, 2.05) is 0 Å². The third-order valence-electron chi connectivity index (χ3n) is 4.00. The van der Waals surface area contributed by atoms with Crippen LogP contribution in [0.1, 0.15) is 12.5 Å². The van der Waals surface area contributed by atoms with Crippen LogP contribution in [0.25, 0.3) is 0 Å².